The molecule has 0 fully saturated rings. The molecule has 0 aliphatic carbocycles. The van der Waals surface area contributed by atoms with Crippen LogP contribution in [0, 0.1) is 0 Å². The van der Waals surface area contributed by atoms with Gasteiger partial charge in [0.2, 0.25) is 0 Å². The summed E-state index contributed by atoms with van der Waals surface area (Å²) in [5, 5.41) is 0. The molecule has 110 valence electrons. The third-order valence-corrected chi connectivity index (χ3v) is 2.44. The Hall–Kier alpha value is -2.32. The third-order valence-electron chi connectivity index (χ3n) is 2.44. The van der Waals surface area contributed by atoms with Gasteiger partial charge in [-0.25, -0.2) is 11.7 Å². The molecule has 0 heterocycles. The lowest BCUT2D eigenvalue weighted by Crippen LogP contribution is -2.32. The first-order valence-corrected chi connectivity index (χ1v) is 6.05. The van der Waals surface area contributed by atoms with Gasteiger partial charge in [0.15, 0.2) is 11.5 Å². The molecule has 0 aromatic heterocycles. The number of carbonyl (C=O) groups is 2. The van der Waals surface area contributed by atoms with Gasteiger partial charge in [-0.1, -0.05) is 0 Å². The third kappa shape index (κ3) is 3.16. The second-order valence-corrected chi connectivity index (χ2v) is 3.63. The van der Waals surface area contributed by atoms with E-state index < -0.39 is 11.8 Å². The summed E-state index contributed by atoms with van der Waals surface area (Å²) >= 11 is 0. The van der Waals surface area contributed by atoms with Crippen LogP contribution in [-0.2, 0) is 0 Å². The topological polar surface area (TPSA) is 129 Å². The second-order valence-electron chi connectivity index (χ2n) is 3.63. The van der Waals surface area contributed by atoms with Crippen LogP contribution >= 0.6 is 0 Å². The van der Waals surface area contributed by atoms with Crippen molar-refractivity contribution in [1.82, 2.24) is 10.9 Å². The van der Waals surface area contributed by atoms with Crippen molar-refractivity contribution in [3.05, 3.63) is 23.3 Å². The van der Waals surface area contributed by atoms with E-state index in [1.54, 1.807) is 13.8 Å². The molecule has 0 unspecified atom stereocenters. The van der Waals surface area contributed by atoms with E-state index in [9.17, 15) is 9.59 Å². The molecule has 0 saturated carbocycles. The number of rotatable bonds is 6. The van der Waals surface area contributed by atoms with Gasteiger partial charge in [0, 0.05) is 0 Å². The van der Waals surface area contributed by atoms with Gasteiger partial charge in [0.25, 0.3) is 11.8 Å². The highest BCUT2D eigenvalue weighted by Gasteiger charge is 2.23. The van der Waals surface area contributed by atoms with Gasteiger partial charge in [-0.15, -0.1) is 0 Å². The van der Waals surface area contributed by atoms with Crippen LogP contribution in [-0.4, -0.2) is 25.0 Å². The smallest absolute Gasteiger partial charge is 0.269 e. The molecular weight excluding hydrogens is 264 g/mol. The van der Waals surface area contributed by atoms with Crippen LogP contribution in [0.4, 0.5) is 0 Å². The number of amides is 2. The summed E-state index contributed by atoms with van der Waals surface area (Å²) < 4.78 is 10.8. The van der Waals surface area contributed by atoms with Gasteiger partial charge in [0.1, 0.15) is 0 Å². The zero-order chi connectivity index (χ0) is 15.1. The number of hydrazine groups is 2. The van der Waals surface area contributed by atoms with Gasteiger partial charge < -0.3 is 9.47 Å². The van der Waals surface area contributed by atoms with Crippen molar-refractivity contribution in [2.45, 2.75) is 13.8 Å². The molecule has 8 nitrogen and oxygen atoms in total. The van der Waals surface area contributed by atoms with Crippen LogP contribution in [0.15, 0.2) is 12.1 Å². The quantitative estimate of drug-likeness (QED) is 0.322. The Morgan fingerprint density at radius 3 is 1.55 bits per heavy atom. The fraction of sp³-hybridized carbons (Fsp3) is 0.333. The first kappa shape index (κ1) is 15.7. The maximum Gasteiger partial charge on any atom is 0.269 e. The average molecular weight is 282 g/mol. The predicted octanol–water partition coefficient (Wildman–Crippen LogP) is -0.309. The zero-order valence-electron chi connectivity index (χ0n) is 11.4. The Bertz CT molecular complexity index is 459. The van der Waals surface area contributed by atoms with Crippen molar-refractivity contribution in [2.24, 2.45) is 11.7 Å². The van der Waals surface area contributed by atoms with E-state index in [1.165, 1.54) is 12.1 Å². The van der Waals surface area contributed by atoms with Crippen LogP contribution in [0.2, 0.25) is 0 Å². The molecule has 1 aromatic rings. The SMILES string of the molecule is CCOc1c(C(=O)NN)ccc(C(=O)NN)c1OCC. The Labute approximate surface area is 116 Å². The average Bonchev–Trinajstić information content (AvgIpc) is 2.47. The van der Waals surface area contributed by atoms with E-state index in [2.05, 4.69) is 0 Å². The van der Waals surface area contributed by atoms with Crippen LogP contribution in [0.1, 0.15) is 34.6 Å². The van der Waals surface area contributed by atoms with Gasteiger partial charge in [-0.05, 0) is 26.0 Å². The van der Waals surface area contributed by atoms with Gasteiger partial charge >= 0.3 is 0 Å². The minimum Gasteiger partial charge on any atom is -0.489 e. The molecular formula is C12H18N4O4. The fourth-order valence-corrected chi connectivity index (χ4v) is 1.65. The molecule has 2 amide bonds. The lowest BCUT2D eigenvalue weighted by Gasteiger charge is -2.17. The summed E-state index contributed by atoms with van der Waals surface area (Å²) in [6.07, 6.45) is 0. The molecule has 1 rings (SSSR count). The number of benzene rings is 1. The van der Waals surface area contributed by atoms with Crippen molar-refractivity contribution >= 4 is 11.8 Å². The summed E-state index contributed by atoms with van der Waals surface area (Å²) in [5.41, 5.74) is 4.37. The highest BCUT2D eigenvalue weighted by atomic mass is 16.5. The number of nitrogens with one attached hydrogen (secondary N) is 2. The molecule has 0 bridgehead atoms. The number of nitrogens with two attached hydrogens (primary N) is 2. The van der Waals surface area contributed by atoms with Crippen molar-refractivity contribution in [2.75, 3.05) is 13.2 Å². The lowest BCUT2D eigenvalue weighted by molar-refractivity contribution is 0.0934. The van der Waals surface area contributed by atoms with Gasteiger partial charge in [-0.2, -0.15) is 0 Å². The summed E-state index contributed by atoms with van der Waals surface area (Å²) in [4.78, 5) is 23.4. The highest BCUT2D eigenvalue weighted by molar-refractivity contribution is 6.02. The molecule has 6 N–H and O–H groups in total. The molecule has 8 heteroatoms. The Balaban J connectivity index is 3.48. The molecule has 0 saturated heterocycles. The zero-order valence-corrected chi connectivity index (χ0v) is 11.4. The van der Waals surface area contributed by atoms with E-state index >= 15 is 0 Å². The van der Waals surface area contributed by atoms with Crippen LogP contribution in [0.5, 0.6) is 11.5 Å². The molecule has 20 heavy (non-hydrogen) atoms. The predicted molar refractivity (Wildman–Crippen MR) is 72.1 cm³/mol. The first-order chi connectivity index (χ1) is 9.60. The number of ether oxygens (including phenoxy) is 2. The molecule has 0 atom stereocenters. The van der Waals surface area contributed by atoms with Gasteiger partial charge in [-0.3, -0.25) is 20.4 Å². The maximum absolute atomic E-state index is 11.7. The molecule has 0 aliphatic rings. The van der Waals surface area contributed by atoms with Crippen LogP contribution < -0.4 is 32.0 Å². The number of hydrogen-bond acceptors (Lipinski definition) is 6. The second kappa shape index (κ2) is 7.31. The Morgan fingerprint density at radius 2 is 1.30 bits per heavy atom. The van der Waals surface area contributed by atoms with E-state index in [0.717, 1.165) is 0 Å². The summed E-state index contributed by atoms with van der Waals surface area (Å²) in [7, 11) is 0. The normalized spacial score (nSPS) is 9.80. The van der Waals surface area contributed by atoms with E-state index in [4.69, 9.17) is 21.2 Å². The molecule has 0 spiro atoms. The van der Waals surface area contributed by atoms with Crippen molar-refractivity contribution in [3.63, 3.8) is 0 Å². The summed E-state index contributed by atoms with van der Waals surface area (Å²) in [6.45, 7) is 4.07. The Kier molecular flexibility index (Phi) is 5.75. The van der Waals surface area contributed by atoms with E-state index in [-0.39, 0.29) is 22.6 Å². The standard InChI is InChI=1S/C12H18N4O4/c1-3-19-9-7(11(17)15-13)5-6-8(12(18)16-14)10(9)20-4-2/h5-6H,3-4,13-14H2,1-2H3,(H,15,17)(H,16,18). The monoisotopic (exact) mass is 282 g/mol. The fourth-order valence-electron chi connectivity index (χ4n) is 1.65. The maximum atomic E-state index is 11.7. The summed E-state index contributed by atoms with van der Waals surface area (Å²) in [6, 6.07) is 2.83. The first-order valence-electron chi connectivity index (χ1n) is 6.05. The van der Waals surface area contributed by atoms with E-state index in [0.29, 0.717) is 13.2 Å². The van der Waals surface area contributed by atoms with Crippen molar-refractivity contribution in [1.29, 1.82) is 0 Å². The van der Waals surface area contributed by atoms with Crippen molar-refractivity contribution in [3.8, 4) is 11.5 Å². The largest absolute Gasteiger partial charge is 0.489 e. The number of hydrogen-bond donors (Lipinski definition) is 4. The number of carbonyl (C=O) groups excluding carboxylic acids is 2. The minimum atomic E-state index is -0.547. The number of nitrogen functional groups attached to an aromatic ring is 2. The molecule has 0 aliphatic heterocycles. The molecule has 0 radical (unpaired) electrons. The highest BCUT2D eigenvalue weighted by Crippen LogP contribution is 2.35. The van der Waals surface area contributed by atoms with Crippen LogP contribution in [0.25, 0.3) is 0 Å². The molecule has 1 aromatic carbocycles. The van der Waals surface area contributed by atoms with Crippen LogP contribution in [0.3, 0.4) is 0 Å². The van der Waals surface area contributed by atoms with Crippen molar-refractivity contribution < 1.29 is 19.1 Å². The Morgan fingerprint density at radius 1 is 0.950 bits per heavy atom. The minimum absolute atomic E-state index is 0.151. The summed E-state index contributed by atoms with van der Waals surface area (Å²) in [5.74, 6) is 9.45. The van der Waals surface area contributed by atoms with Gasteiger partial charge in [0.05, 0.1) is 24.3 Å². The lowest BCUT2D eigenvalue weighted by atomic mass is 10.1. The van der Waals surface area contributed by atoms with E-state index in [1.807, 2.05) is 10.9 Å².